The van der Waals surface area contributed by atoms with Crippen molar-refractivity contribution in [2.75, 3.05) is 26.9 Å². The van der Waals surface area contributed by atoms with Gasteiger partial charge in [-0.15, -0.1) is 0 Å². The second kappa shape index (κ2) is 18.0. The molecule has 0 aromatic rings. The topological polar surface area (TPSA) is 334 Å². The van der Waals surface area contributed by atoms with Crippen molar-refractivity contribution in [2.45, 2.75) is 215 Å². The molecule has 0 bridgehead atoms. The number of hydrogen-bond acceptors (Lipinski definition) is 21. The summed E-state index contributed by atoms with van der Waals surface area (Å²) in [6.45, 7) is 10.3. The molecule has 0 amide bonds. The van der Waals surface area contributed by atoms with Crippen molar-refractivity contribution in [2.24, 2.45) is 50.7 Å². The van der Waals surface area contributed by atoms with Gasteiger partial charge in [-0.25, -0.2) is 0 Å². The summed E-state index contributed by atoms with van der Waals surface area (Å²) in [5.41, 5.74) is -0.872. The molecule has 9 aliphatic rings. The molecule has 2 spiro atoms. The third-order valence-electron chi connectivity index (χ3n) is 20.3. The Labute approximate surface area is 401 Å². The van der Waals surface area contributed by atoms with Gasteiger partial charge in [-0.3, -0.25) is 4.79 Å². The molecule has 4 aliphatic heterocycles. The number of fused-ring (bicyclic) bond motifs is 4. The minimum atomic E-state index is -2.49. The van der Waals surface area contributed by atoms with E-state index in [0.29, 0.717) is 18.8 Å². The second-order valence-electron chi connectivity index (χ2n) is 23.6. The van der Waals surface area contributed by atoms with Gasteiger partial charge in [0.2, 0.25) is 5.79 Å². The first kappa shape index (κ1) is 52.7. The van der Waals surface area contributed by atoms with Crippen molar-refractivity contribution in [3.05, 3.63) is 0 Å². The number of aliphatic hydroxyl groups is 12. The van der Waals surface area contributed by atoms with Crippen LogP contribution in [0.1, 0.15) is 99.3 Å². The maximum atomic E-state index is 13.9. The van der Waals surface area contributed by atoms with Gasteiger partial charge in [0.05, 0.1) is 32.0 Å². The smallest absolute Gasteiger partial charge is 0.226 e. The maximum Gasteiger partial charge on any atom is 0.226 e. The number of methoxy groups -OCH3 is 1. The summed E-state index contributed by atoms with van der Waals surface area (Å²) in [6, 6.07) is 0. The monoisotopic (exact) mass is 991 g/mol. The molecule has 5 aliphatic carbocycles. The van der Waals surface area contributed by atoms with Crippen LogP contribution in [0.2, 0.25) is 0 Å². The number of hydrogen-bond donors (Lipinski definition) is 12. The van der Waals surface area contributed by atoms with E-state index in [9.17, 15) is 66.1 Å². The first-order valence-corrected chi connectivity index (χ1v) is 25.0. The quantitative estimate of drug-likeness (QED) is 0.0695. The average molecular weight is 991 g/mol. The minimum Gasteiger partial charge on any atom is -0.394 e. The van der Waals surface area contributed by atoms with Crippen molar-refractivity contribution < 1.29 is 104 Å². The van der Waals surface area contributed by atoms with Crippen LogP contribution in [0.15, 0.2) is 0 Å². The minimum absolute atomic E-state index is 0.0124. The van der Waals surface area contributed by atoms with E-state index >= 15 is 0 Å². The lowest BCUT2D eigenvalue weighted by atomic mass is 9.41. The highest BCUT2D eigenvalue weighted by atomic mass is 16.8. The highest BCUT2D eigenvalue weighted by Gasteiger charge is 2.85. The zero-order chi connectivity index (χ0) is 50.3. The number of aliphatic hydroxyl groups excluding tert-OH is 11. The van der Waals surface area contributed by atoms with E-state index in [1.165, 1.54) is 0 Å². The fourth-order valence-electron chi connectivity index (χ4n) is 16.5. The molecule has 0 radical (unpaired) electrons. The second-order valence-corrected chi connectivity index (χ2v) is 23.6. The van der Waals surface area contributed by atoms with E-state index in [1.54, 1.807) is 7.11 Å². The molecular weight excluding hydrogens is 913 g/mol. The lowest BCUT2D eigenvalue weighted by Crippen LogP contribution is -2.65. The van der Waals surface area contributed by atoms with Gasteiger partial charge in [-0.05, 0) is 96.7 Å². The number of rotatable bonds is 13. The zero-order valence-electron chi connectivity index (χ0n) is 40.7. The molecule has 4 saturated heterocycles. The molecule has 4 unspecified atom stereocenters. The Morgan fingerprint density at radius 2 is 1.16 bits per heavy atom. The molecule has 9 rings (SSSR count). The van der Waals surface area contributed by atoms with Gasteiger partial charge in [0, 0.05) is 25.9 Å². The molecular formula is C48H78O21. The van der Waals surface area contributed by atoms with E-state index in [4.69, 9.17) is 37.9 Å². The van der Waals surface area contributed by atoms with Crippen molar-refractivity contribution >= 4 is 5.78 Å². The van der Waals surface area contributed by atoms with E-state index in [1.807, 2.05) is 0 Å². The first-order valence-electron chi connectivity index (χ1n) is 25.0. The molecule has 69 heavy (non-hydrogen) atoms. The predicted molar refractivity (Wildman–Crippen MR) is 232 cm³/mol. The van der Waals surface area contributed by atoms with Crippen molar-refractivity contribution in [1.82, 2.24) is 0 Å². The molecule has 12 N–H and O–H groups in total. The third-order valence-corrected chi connectivity index (χ3v) is 20.3. The summed E-state index contributed by atoms with van der Waals surface area (Å²) in [4.78, 5) is 13.9. The van der Waals surface area contributed by atoms with Crippen LogP contribution in [0, 0.1) is 50.7 Å². The first-order chi connectivity index (χ1) is 32.3. The lowest BCUT2D eigenvalue weighted by Gasteiger charge is -2.63. The number of Topliss-reactive ketones (excluding diaryl/α,β-unsaturated/α-hetero) is 1. The molecule has 396 valence electrons. The van der Waals surface area contributed by atoms with E-state index in [2.05, 4.69) is 34.6 Å². The van der Waals surface area contributed by atoms with Crippen LogP contribution in [0.4, 0.5) is 0 Å². The molecule has 21 nitrogen and oxygen atoms in total. The Morgan fingerprint density at radius 3 is 1.75 bits per heavy atom. The Bertz CT molecular complexity index is 1890. The van der Waals surface area contributed by atoms with Crippen LogP contribution in [0.5, 0.6) is 0 Å². The normalized spacial score (nSPS) is 56.2. The van der Waals surface area contributed by atoms with E-state index in [0.717, 1.165) is 45.4 Å². The number of carbonyl (C=O) groups is 1. The Kier molecular flexibility index (Phi) is 13.8. The summed E-state index contributed by atoms with van der Waals surface area (Å²) in [5.74, 6) is -3.99. The standard InChI is InChI=1S/C48H78O21/c1-20-21(14-27(52)45(6,61)69-40-36(60)33(57)30(54)23(16-50)64-40)68-48(62-7)18-44(5)26-9-8-25-42(2,3)28(10-11-46(25)19-47(26,46)13-12-43(44,4)38(20)48)66-41-37(34(58)31(55)24(17-51)65-41)67-39-35(59)32(56)29(53)22(15-49)63-39/h20-26,28-41,49-51,53-61H,8-19H2,1-7H3/t20-,21+,22-,23-,24-,25?,26?,28+,29-,30-,31-,32+,33+,34+,35-,36-,37-,38?,39+,40+,41+,43-,44+,45?,46-,47+,48+/m1/s1. The van der Waals surface area contributed by atoms with Gasteiger partial charge in [-0.2, -0.15) is 0 Å². The summed E-state index contributed by atoms with van der Waals surface area (Å²) in [6.07, 6.45) is -18.1. The van der Waals surface area contributed by atoms with Gasteiger partial charge in [0.25, 0.3) is 0 Å². The average Bonchev–Trinajstić information content (AvgIpc) is 3.83. The van der Waals surface area contributed by atoms with Crippen molar-refractivity contribution in [1.29, 1.82) is 0 Å². The summed E-state index contributed by atoms with van der Waals surface area (Å²) >= 11 is 0. The highest BCUT2D eigenvalue weighted by molar-refractivity contribution is 5.85. The van der Waals surface area contributed by atoms with E-state index < -0.39 is 147 Å². The predicted octanol–water partition coefficient (Wildman–Crippen LogP) is -2.09. The fourth-order valence-corrected chi connectivity index (χ4v) is 16.5. The van der Waals surface area contributed by atoms with Gasteiger partial charge in [0.15, 0.2) is 30.4 Å². The SMILES string of the molecule is CO[C@]12C[C@@]3(C)C4CCC5C(C)(C)[C@@H](O[C@@H]6O[C@H](CO)[C@@H](O)[C@H](O)[C@H]6O[C@@H]6O[C@H](CO)[C@@H](O)[C@H](O)[C@H]6O)CC[C@@]56C[C@@]46CC[C@]3(C)C1[C@H](C)[C@H](CC(=O)C(C)(O)O[C@@H]1O[C@H](CO)[C@@H](O)[C@H](O)[C@H]1O)O2. The van der Waals surface area contributed by atoms with Gasteiger partial charge in [0.1, 0.15) is 73.2 Å². The summed E-state index contributed by atoms with van der Waals surface area (Å²) in [7, 11) is 1.65. The number of ketones is 1. The van der Waals surface area contributed by atoms with Crippen LogP contribution in [0.25, 0.3) is 0 Å². The van der Waals surface area contributed by atoms with Crippen LogP contribution >= 0.6 is 0 Å². The number of ether oxygens (including phenoxy) is 8. The molecule has 21 heteroatoms. The molecule has 0 aromatic heterocycles. The Morgan fingerprint density at radius 1 is 0.623 bits per heavy atom. The third kappa shape index (κ3) is 7.64. The largest absolute Gasteiger partial charge is 0.394 e. The lowest BCUT2D eigenvalue weighted by molar-refractivity contribution is -0.377. The Hall–Kier alpha value is -1.13. The van der Waals surface area contributed by atoms with Crippen LogP contribution < -0.4 is 0 Å². The molecule has 27 atom stereocenters. The van der Waals surface area contributed by atoms with Crippen LogP contribution in [0.3, 0.4) is 0 Å². The van der Waals surface area contributed by atoms with Crippen LogP contribution in [-0.2, 0) is 42.7 Å². The molecule has 9 fully saturated rings. The van der Waals surface area contributed by atoms with Gasteiger partial charge < -0.3 is 99.2 Å². The molecule has 4 heterocycles. The molecule has 5 saturated carbocycles. The van der Waals surface area contributed by atoms with Crippen LogP contribution in [-0.4, -0.2) is 210 Å². The van der Waals surface area contributed by atoms with E-state index in [-0.39, 0.29) is 45.8 Å². The van der Waals surface area contributed by atoms with Gasteiger partial charge in [-0.1, -0.05) is 34.6 Å². The summed E-state index contributed by atoms with van der Waals surface area (Å²) < 4.78 is 48.8. The Balaban J connectivity index is 0.898. The number of carbonyl (C=O) groups excluding carboxylic acids is 1. The van der Waals surface area contributed by atoms with Crippen molar-refractivity contribution in [3.8, 4) is 0 Å². The van der Waals surface area contributed by atoms with Crippen molar-refractivity contribution in [3.63, 3.8) is 0 Å². The van der Waals surface area contributed by atoms with Gasteiger partial charge >= 0.3 is 0 Å². The summed E-state index contributed by atoms with van der Waals surface area (Å²) in [5, 5.41) is 126. The zero-order valence-corrected chi connectivity index (χ0v) is 40.7. The maximum absolute atomic E-state index is 13.9. The molecule has 0 aromatic carbocycles. The highest BCUT2D eigenvalue weighted by Crippen LogP contribution is 2.90. The fraction of sp³-hybridized carbons (Fsp3) is 0.979.